The van der Waals surface area contributed by atoms with E-state index in [1.54, 1.807) is 4.68 Å². The zero-order valence-corrected chi connectivity index (χ0v) is 16.9. The maximum Gasteiger partial charge on any atom is 0.184 e. The first-order valence-corrected chi connectivity index (χ1v) is 9.83. The van der Waals surface area contributed by atoms with Gasteiger partial charge in [0, 0.05) is 24.5 Å². The van der Waals surface area contributed by atoms with E-state index in [4.69, 9.17) is 11.6 Å². The number of nitrogens with zero attached hydrogens (tertiary/aromatic N) is 6. The number of anilines is 1. The fraction of sp³-hybridized carbons (Fsp3) is 0.474. The Hall–Kier alpha value is -2.25. The van der Waals surface area contributed by atoms with E-state index in [9.17, 15) is 0 Å². The number of nitrogens with one attached hydrogen (secondary N) is 1. The van der Waals surface area contributed by atoms with Crippen molar-refractivity contribution in [2.75, 3.05) is 31.5 Å². The van der Waals surface area contributed by atoms with Crippen molar-refractivity contribution in [2.24, 2.45) is 0 Å². The first kappa shape index (κ1) is 19.5. The Morgan fingerprint density at radius 2 is 1.89 bits per heavy atom. The number of aromatic nitrogens is 5. The maximum absolute atomic E-state index is 6.30. The lowest BCUT2D eigenvalue weighted by Crippen LogP contribution is -2.28. The van der Waals surface area contributed by atoms with Crippen LogP contribution >= 0.6 is 11.6 Å². The predicted octanol–water partition coefficient (Wildman–Crippen LogP) is 3.24. The van der Waals surface area contributed by atoms with Gasteiger partial charge in [-0.05, 0) is 24.7 Å². The van der Waals surface area contributed by atoms with Gasteiger partial charge in [-0.2, -0.15) is 0 Å². The molecule has 7 nitrogen and oxygen atoms in total. The summed E-state index contributed by atoms with van der Waals surface area (Å²) in [6.45, 7) is 10.7. The molecule has 0 bridgehead atoms. The number of rotatable bonds is 9. The van der Waals surface area contributed by atoms with Gasteiger partial charge in [0.25, 0.3) is 0 Å². The number of aryl methyl sites for hydroxylation is 1. The summed E-state index contributed by atoms with van der Waals surface area (Å²) in [6, 6.07) is 7.75. The van der Waals surface area contributed by atoms with Crippen molar-refractivity contribution in [3.05, 3.63) is 40.7 Å². The average Bonchev–Trinajstić information content (AvgIpc) is 3.09. The van der Waals surface area contributed by atoms with E-state index >= 15 is 0 Å². The molecular weight excluding hydrogens is 362 g/mol. The highest BCUT2D eigenvalue weighted by Gasteiger charge is 2.15. The molecule has 0 aliphatic rings. The van der Waals surface area contributed by atoms with E-state index < -0.39 is 0 Å². The monoisotopic (exact) mass is 387 g/mol. The van der Waals surface area contributed by atoms with Crippen molar-refractivity contribution in [1.29, 1.82) is 0 Å². The summed E-state index contributed by atoms with van der Waals surface area (Å²) in [5.74, 6) is 1.52. The minimum absolute atomic E-state index is 0.523. The summed E-state index contributed by atoms with van der Waals surface area (Å²) >= 11 is 6.30. The molecule has 0 radical (unpaired) electrons. The first-order valence-electron chi connectivity index (χ1n) is 9.45. The lowest BCUT2D eigenvalue weighted by Gasteiger charge is -2.18. The van der Waals surface area contributed by atoms with Crippen LogP contribution in [0.4, 0.5) is 5.82 Å². The van der Waals surface area contributed by atoms with Crippen molar-refractivity contribution in [3.63, 3.8) is 0 Å². The zero-order chi connectivity index (χ0) is 19.2. The average molecular weight is 388 g/mol. The Morgan fingerprint density at radius 1 is 1.11 bits per heavy atom. The maximum atomic E-state index is 6.30. The molecule has 8 heteroatoms. The van der Waals surface area contributed by atoms with Crippen LogP contribution in [-0.2, 0) is 13.0 Å². The third-order valence-corrected chi connectivity index (χ3v) is 4.99. The number of hydrogen-bond acceptors (Lipinski definition) is 6. The molecule has 0 amide bonds. The molecular formula is C19H26ClN7. The Balaban J connectivity index is 1.87. The number of fused-ring (bicyclic) bond motifs is 1. The van der Waals surface area contributed by atoms with Gasteiger partial charge in [-0.15, -0.1) is 5.10 Å². The molecule has 3 rings (SSSR count). The summed E-state index contributed by atoms with van der Waals surface area (Å²) in [6.07, 6.45) is 0.748. The van der Waals surface area contributed by atoms with Crippen molar-refractivity contribution >= 4 is 28.6 Å². The van der Waals surface area contributed by atoms with E-state index in [2.05, 4.69) is 44.3 Å². The second kappa shape index (κ2) is 9.10. The van der Waals surface area contributed by atoms with Gasteiger partial charge in [-0.3, -0.25) is 0 Å². The van der Waals surface area contributed by atoms with Crippen molar-refractivity contribution in [1.82, 2.24) is 29.9 Å². The molecule has 0 aliphatic heterocycles. The SMILES string of the molecule is CCc1nc(NCCN(CC)CC)c2nnn(Cc3ccccc3Cl)c2n1. The molecule has 2 aromatic heterocycles. The molecule has 2 heterocycles. The van der Waals surface area contributed by atoms with Crippen LogP contribution in [0.25, 0.3) is 11.2 Å². The second-order valence-corrected chi connectivity index (χ2v) is 6.71. The predicted molar refractivity (Wildman–Crippen MR) is 109 cm³/mol. The minimum Gasteiger partial charge on any atom is -0.367 e. The molecule has 27 heavy (non-hydrogen) atoms. The smallest absolute Gasteiger partial charge is 0.184 e. The topological polar surface area (TPSA) is 71.8 Å². The highest BCUT2D eigenvalue weighted by Crippen LogP contribution is 2.21. The number of benzene rings is 1. The van der Waals surface area contributed by atoms with Gasteiger partial charge >= 0.3 is 0 Å². The van der Waals surface area contributed by atoms with E-state index in [1.807, 2.05) is 31.2 Å². The van der Waals surface area contributed by atoms with Crippen LogP contribution in [0.1, 0.15) is 32.2 Å². The van der Waals surface area contributed by atoms with E-state index in [0.29, 0.717) is 17.1 Å². The van der Waals surface area contributed by atoms with Gasteiger partial charge in [-0.1, -0.05) is 55.8 Å². The van der Waals surface area contributed by atoms with Gasteiger partial charge in [-0.25, -0.2) is 14.6 Å². The molecule has 1 aromatic carbocycles. The first-order chi connectivity index (χ1) is 13.2. The van der Waals surface area contributed by atoms with E-state index in [1.165, 1.54) is 0 Å². The van der Waals surface area contributed by atoms with Crippen LogP contribution in [-0.4, -0.2) is 56.0 Å². The molecule has 0 aliphatic carbocycles. The van der Waals surface area contributed by atoms with Gasteiger partial charge in [0.15, 0.2) is 17.0 Å². The summed E-state index contributed by atoms with van der Waals surface area (Å²) in [5.41, 5.74) is 2.41. The number of likely N-dealkylation sites (N-methyl/N-ethyl adjacent to an activating group) is 1. The van der Waals surface area contributed by atoms with Crippen molar-refractivity contribution < 1.29 is 0 Å². The number of halogens is 1. The fourth-order valence-electron chi connectivity index (χ4n) is 2.95. The Bertz CT molecular complexity index is 889. The third kappa shape index (κ3) is 4.54. The van der Waals surface area contributed by atoms with Crippen LogP contribution in [0.15, 0.2) is 24.3 Å². The molecule has 0 fully saturated rings. The summed E-state index contributed by atoms with van der Waals surface area (Å²) in [7, 11) is 0. The third-order valence-electron chi connectivity index (χ3n) is 4.62. The Morgan fingerprint density at radius 3 is 2.59 bits per heavy atom. The van der Waals surface area contributed by atoms with Crippen molar-refractivity contribution in [2.45, 2.75) is 33.7 Å². The standard InChI is InChI=1S/C19H26ClN7/c1-4-16-22-18(21-11-12-26(5-2)6-3)17-19(23-16)27(25-24-17)13-14-9-7-8-10-15(14)20/h7-10H,4-6,11-13H2,1-3H3,(H,21,22,23). The Labute approximate surface area is 164 Å². The quantitative estimate of drug-likeness (QED) is 0.607. The highest BCUT2D eigenvalue weighted by molar-refractivity contribution is 6.31. The van der Waals surface area contributed by atoms with E-state index in [0.717, 1.165) is 55.5 Å². The van der Waals surface area contributed by atoms with Gasteiger partial charge in [0.05, 0.1) is 6.54 Å². The summed E-state index contributed by atoms with van der Waals surface area (Å²) in [5, 5.41) is 12.8. The molecule has 1 N–H and O–H groups in total. The summed E-state index contributed by atoms with van der Waals surface area (Å²) in [4.78, 5) is 11.6. The fourth-order valence-corrected chi connectivity index (χ4v) is 3.14. The van der Waals surface area contributed by atoms with Crippen LogP contribution in [0, 0.1) is 0 Å². The number of hydrogen-bond donors (Lipinski definition) is 1. The molecule has 0 saturated heterocycles. The minimum atomic E-state index is 0.523. The second-order valence-electron chi connectivity index (χ2n) is 6.31. The van der Waals surface area contributed by atoms with Crippen LogP contribution in [0.5, 0.6) is 0 Å². The molecule has 0 spiro atoms. The molecule has 144 valence electrons. The largest absolute Gasteiger partial charge is 0.367 e. The van der Waals surface area contributed by atoms with Gasteiger partial charge in [0.2, 0.25) is 0 Å². The molecule has 0 saturated carbocycles. The van der Waals surface area contributed by atoms with Crippen molar-refractivity contribution in [3.8, 4) is 0 Å². The van der Waals surface area contributed by atoms with Crippen LogP contribution in [0.3, 0.4) is 0 Å². The molecule has 3 aromatic rings. The van der Waals surface area contributed by atoms with Crippen LogP contribution < -0.4 is 5.32 Å². The van der Waals surface area contributed by atoms with Crippen LogP contribution in [0.2, 0.25) is 5.02 Å². The van der Waals surface area contributed by atoms with Gasteiger partial charge in [0.1, 0.15) is 5.82 Å². The highest BCUT2D eigenvalue weighted by atomic mass is 35.5. The lowest BCUT2D eigenvalue weighted by atomic mass is 10.2. The summed E-state index contributed by atoms with van der Waals surface area (Å²) < 4.78 is 1.78. The van der Waals surface area contributed by atoms with E-state index in [-0.39, 0.29) is 0 Å². The molecule has 0 atom stereocenters. The lowest BCUT2D eigenvalue weighted by molar-refractivity contribution is 0.316. The molecule has 0 unspecified atom stereocenters. The normalized spacial score (nSPS) is 11.4. The van der Waals surface area contributed by atoms with Gasteiger partial charge < -0.3 is 10.2 Å². The zero-order valence-electron chi connectivity index (χ0n) is 16.1. The Kier molecular flexibility index (Phi) is 6.58.